The molecular weight excluding hydrogens is 815 g/mol. The topological polar surface area (TPSA) is 199 Å². The molecule has 0 saturated carbocycles. The molecule has 3 atom stereocenters. The fourth-order valence-electron chi connectivity index (χ4n) is 3.92. The molecule has 0 aromatic heterocycles. The van der Waals surface area contributed by atoms with Crippen LogP contribution in [0.5, 0.6) is 0 Å². The van der Waals surface area contributed by atoms with Gasteiger partial charge in [0.15, 0.2) is 0 Å². The van der Waals surface area contributed by atoms with Crippen molar-refractivity contribution in [2.45, 2.75) is 53.8 Å². The molecule has 16 heteroatoms. The average Bonchev–Trinajstić information content (AvgIpc) is 2.95. The number of benzene rings is 3. The van der Waals surface area contributed by atoms with Gasteiger partial charge in [-0.2, -0.15) is 0 Å². The molecule has 0 radical (unpaired) electrons. The number of aliphatic hydroxyl groups excluding tert-OH is 3. The summed E-state index contributed by atoms with van der Waals surface area (Å²) in [5, 5.41) is 29.2. The molecule has 3 unspecified atom stereocenters. The van der Waals surface area contributed by atoms with E-state index in [2.05, 4.69) is 14.2 Å². The molecule has 6 N–H and O–H groups in total. The van der Waals surface area contributed by atoms with E-state index < -0.39 is 70.1 Å². The molecule has 3 aromatic rings. The van der Waals surface area contributed by atoms with Crippen LogP contribution in [0.4, 0.5) is 0 Å². The van der Waals surface area contributed by atoms with Crippen LogP contribution in [0.25, 0.3) is 0 Å². The Hall–Kier alpha value is -1.85. The summed E-state index contributed by atoms with van der Waals surface area (Å²) in [4.78, 5) is -0.495. The first-order valence-corrected chi connectivity index (χ1v) is 22.8. The zero-order valence-electron chi connectivity index (χ0n) is 23.7. The predicted molar refractivity (Wildman–Crippen MR) is 165 cm³/mol. The number of hydrogen-bond donors (Lipinski definition) is 6. The van der Waals surface area contributed by atoms with Gasteiger partial charge in [-0.3, -0.25) is 0 Å². The van der Waals surface area contributed by atoms with E-state index in [0.29, 0.717) is 0 Å². The Morgan fingerprint density at radius 2 is 0.744 bits per heavy atom. The second-order valence-corrected chi connectivity index (χ2v) is 23.3. The Balaban J connectivity index is 2.40. The molecule has 0 heterocycles. The van der Waals surface area contributed by atoms with Crippen LogP contribution < -0.4 is 24.0 Å². The molecule has 0 spiro atoms. The number of aliphatic hydroxyl groups is 3. The van der Waals surface area contributed by atoms with E-state index in [9.17, 15) is 40.6 Å². The van der Waals surface area contributed by atoms with Gasteiger partial charge in [-0.25, -0.2) is 0 Å². The number of rotatable bonds is 15. The first-order chi connectivity index (χ1) is 20.1. The molecule has 3 rings (SSSR count). The summed E-state index contributed by atoms with van der Waals surface area (Å²) in [5.41, 5.74) is 0. The van der Waals surface area contributed by atoms with Crippen molar-refractivity contribution in [1.29, 1.82) is 0 Å². The third-order valence-electron chi connectivity index (χ3n) is 5.89. The van der Waals surface area contributed by atoms with Crippen molar-refractivity contribution in [2.24, 2.45) is 0 Å². The Morgan fingerprint density at radius 1 is 0.512 bits per heavy atom. The van der Waals surface area contributed by atoms with E-state index in [0.717, 1.165) is 0 Å². The molecule has 0 aliphatic carbocycles. The summed E-state index contributed by atoms with van der Waals surface area (Å²) in [6.07, 6.45) is -2.97. The Morgan fingerprint density at radius 3 is 0.977 bits per heavy atom. The molecule has 236 valence electrons. The van der Waals surface area contributed by atoms with Crippen molar-refractivity contribution in [1.82, 2.24) is 14.2 Å². The van der Waals surface area contributed by atoms with Gasteiger partial charge in [-0.05, 0) is 0 Å². The summed E-state index contributed by atoms with van der Waals surface area (Å²) in [5.74, 6) is 0. The second-order valence-electron chi connectivity index (χ2n) is 9.84. The molecule has 0 fully saturated rings. The van der Waals surface area contributed by atoms with Crippen LogP contribution in [0.15, 0.2) is 87.5 Å². The van der Waals surface area contributed by atoms with Gasteiger partial charge in [0.2, 0.25) is 0 Å². The Bertz CT molecular complexity index is 1530. The van der Waals surface area contributed by atoms with Crippen LogP contribution in [0.1, 0.15) is 20.8 Å². The maximum absolute atomic E-state index is 13.5. The minimum atomic E-state index is -4.28. The van der Waals surface area contributed by atoms with Crippen LogP contribution >= 0.6 is 0 Å². The van der Waals surface area contributed by atoms with Crippen LogP contribution in [-0.2, 0) is 30.1 Å². The van der Waals surface area contributed by atoms with Crippen molar-refractivity contribution in [3.8, 4) is 0 Å². The first kappa shape index (κ1) is 35.6. The average molecular weight is 852 g/mol. The van der Waals surface area contributed by atoms with E-state index in [1.165, 1.54) is 57.2 Å². The fraction of sp³-hybridized carbons (Fsp3) is 0.333. The van der Waals surface area contributed by atoms with Gasteiger partial charge in [0.25, 0.3) is 0 Å². The van der Waals surface area contributed by atoms with Crippen LogP contribution in [0.2, 0.25) is 0 Å². The third kappa shape index (κ3) is 9.33. The quantitative estimate of drug-likeness (QED) is 0.0955. The van der Waals surface area contributed by atoms with E-state index in [4.69, 9.17) is 0 Å². The van der Waals surface area contributed by atoms with E-state index in [1.807, 2.05) is 0 Å². The summed E-state index contributed by atoms with van der Waals surface area (Å²) in [7, 11) is -12.7. The van der Waals surface area contributed by atoms with Crippen molar-refractivity contribution in [2.75, 3.05) is 19.6 Å². The summed E-state index contributed by atoms with van der Waals surface area (Å²) >= 11 is -4.28. The number of sulfonamides is 3. The second kappa shape index (κ2) is 15.0. The van der Waals surface area contributed by atoms with Crippen molar-refractivity contribution in [3.63, 3.8) is 0 Å². The van der Waals surface area contributed by atoms with Gasteiger partial charge in [-0.15, -0.1) is 0 Å². The summed E-state index contributed by atoms with van der Waals surface area (Å²) in [6.45, 7) is 3.41. The normalized spacial score (nSPS) is 14.9. The van der Waals surface area contributed by atoms with Gasteiger partial charge >= 0.3 is 263 Å². The predicted octanol–water partition coefficient (Wildman–Crippen LogP) is -1.82. The standard InChI is InChI=1S/3C9H12NO3S.Bi/c3*1-8(11)7-10-14(12,13)9-5-3-2-4-6-9;/h3*2-5,8,10-11H,7H2,1H3;. The van der Waals surface area contributed by atoms with Gasteiger partial charge < -0.3 is 0 Å². The molecule has 0 bridgehead atoms. The van der Waals surface area contributed by atoms with Crippen LogP contribution in [-0.4, -0.2) is 100 Å². The monoisotopic (exact) mass is 851 g/mol. The Kier molecular flexibility index (Phi) is 12.4. The van der Waals surface area contributed by atoms with E-state index >= 15 is 0 Å². The zero-order chi connectivity index (χ0) is 32.0. The molecule has 3 aromatic carbocycles. The Labute approximate surface area is 261 Å². The van der Waals surface area contributed by atoms with Crippen molar-refractivity contribution >= 4 is 61.6 Å². The zero-order valence-corrected chi connectivity index (χ0v) is 29.7. The first-order valence-electron chi connectivity index (χ1n) is 13.2. The minimum absolute atomic E-state index is 0.165. The molecule has 43 heavy (non-hydrogen) atoms. The molecule has 0 aliphatic heterocycles. The van der Waals surface area contributed by atoms with E-state index in [1.54, 1.807) is 36.4 Å². The van der Waals surface area contributed by atoms with Gasteiger partial charge in [0.05, 0.1) is 0 Å². The maximum atomic E-state index is 13.5. The molecule has 0 saturated heterocycles. The van der Waals surface area contributed by atoms with Gasteiger partial charge in [0.1, 0.15) is 0 Å². The fourth-order valence-corrected chi connectivity index (χ4v) is 23.4. The number of nitrogens with one attached hydrogen (secondary N) is 3. The van der Waals surface area contributed by atoms with Gasteiger partial charge in [0, 0.05) is 0 Å². The third-order valence-corrected chi connectivity index (χ3v) is 22.4. The van der Waals surface area contributed by atoms with Gasteiger partial charge in [-0.1, -0.05) is 0 Å². The molecule has 0 amide bonds. The molecule has 0 aliphatic rings. The summed E-state index contributed by atoms with van der Waals surface area (Å²) < 4.78 is 89.1. The van der Waals surface area contributed by atoms with Crippen molar-refractivity contribution in [3.05, 3.63) is 72.8 Å². The van der Waals surface area contributed by atoms with Crippen LogP contribution in [0, 0.1) is 0 Å². The summed E-state index contributed by atoms with van der Waals surface area (Å²) in [6, 6.07) is 18.0. The molecule has 12 nitrogen and oxygen atoms in total. The SMILES string of the molecule is CC(O)CNS(=O)(=O)c1cccc[c]1[Bi]([c]1ccccc1S(=O)(=O)NCC(C)O)[c]1ccccc1S(=O)(=O)NCC(C)O. The van der Waals surface area contributed by atoms with E-state index in [-0.39, 0.29) is 44.1 Å². The van der Waals surface area contributed by atoms with Crippen LogP contribution in [0.3, 0.4) is 0 Å². The number of hydrogen-bond acceptors (Lipinski definition) is 9. The molecular formula is C27H36BiN3O9S3. The van der Waals surface area contributed by atoms with Crippen molar-refractivity contribution < 1.29 is 40.6 Å².